The molecule has 1 saturated carbocycles. The first-order valence-electron chi connectivity index (χ1n) is 7.18. The third-order valence-electron chi connectivity index (χ3n) is 4.17. The average molecular weight is 240 g/mol. The van der Waals surface area contributed by atoms with Gasteiger partial charge in [0.25, 0.3) is 0 Å². The molecular formula is C14H28N2O. The van der Waals surface area contributed by atoms with Crippen LogP contribution in [-0.4, -0.2) is 18.5 Å². The molecule has 0 aromatic heterocycles. The van der Waals surface area contributed by atoms with Gasteiger partial charge in [-0.25, -0.2) is 0 Å². The Labute approximate surface area is 106 Å². The molecule has 17 heavy (non-hydrogen) atoms. The molecule has 0 bridgehead atoms. The number of carbonyl (C=O) groups excluding carboxylic acids is 1. The van der Waals surface area contributed by atoms with E-state index in [4.69, 9.17) is 5.73 Å². The number of hydrogen-bond donors (Lipinski definition) is 2. The first kappa shape index (κ1) is 14.5. The predicted molar refractivity (Wildman–Crippen MR) is 71.6 cm³/mol. The van der Waals surface area contributed by atoms with Crippen LogP contribution in [0.1, 0.15) is 58.8 Å². The maximum Gasteiger partial charge on any atom is 0.220 e. The molecule has 0 aromatic rings. The minimum Gasteiger partial charge on any atom is -0.353 e. The van der Waals surface area contributed by atoms with Gasteiger partial charge in [0.1, 0.15) is 0 Å². The summed E-state index contributed by atoms with van der Waals surface area (Å²) < 4.78 is 0. The zero-order valence-corrected chi connectivity index (χ0v) is 11.4. The highest BCUT2D eigenvalue weighted by Crippen LogP contribution is 2.26. The van der Waals surface area contributed by atoms with Gasteiger partial charge in [-0.1, -0.05) is 26.7 Å². The first-order valence-corrected chi connectivity index (χ1v) is 7.18. The number of nitrogens with two attached hydrogens (primary N) is 1. The van der Waals surface area contributed by atoms with E-state index >= 15 is 0 Å². The number of hydrogen-bond acceptors (Lipinski definition) is 2. The van der Waals surface area contributed by atoms with Gasteiger partial charge < -0.3 is 11.1 Å². The number of amides is 1. The van der Waals surface area contributed by atoms with Crippen molar-refractivity contribution in [3.05, 3.63) is 0 Å². The maximum absolute atomic E-state index is 11.8. The molecule has 0 spiro atoms. The fourth-order valence-corrected chi connectivity index (χ4v) is 2.66. The van der Waals surface area contributed by atoms with E-state index in [-0.39, 0.29) is 5.91 Å². The normalized spacial score (nSPS) is 26.5. The van der Waals surface area contributed by atoms with Gasteiger partial charge in [0.05, 0.1) is 0 Å². The standard InChI is InChI=1S/C14H28N2O/c1-3-11-5-7-13(8-6-11)16-14(17)9-12(4-2)10-15/h11-13H,3-10,15H2,1-2H3,(H,16,17). The van der Waals surface area contributed by atoms with Crippen LogP contribution in [0.5, 0.6) is 0 Å². The predicted octanol–water partition coefficient (Wildman–Crippen LogP) is 2.45. The third-order valence-corrected chi connectivity index (χ3v) is 4.17. The summed E-state index contributed by atoms with van der Waals surface area (Å²) in [6, 6.07) is 0.417. The van der Waals surface area contributed by atoms with Crippen molar-refractivity contribution in [1.82, 2.24) is 5.32 Å². The van der Waals surface area contributed by atoms with E-state index in [0.29, 0.717) is 24.9 Å². The Hall–Kier alpha value is -0.570. The van der Waals surface area contributed by atoms with E-state index < -0.39 is 0 Å². The van der Waals surface area contributed by atoms with Crippen molar-refractivity contribution in [2.45, 2.75) is 64.8 Å². The first-order chi connectivity index (χ1) is 8.19. The van der Waals surface area contributed by atoms with E-state index in [1.54, 1.807) is 0 Å². The largest absolute Gasteiger partial charge is 0.353 e. The summed E-state index contributed by atoms with van der Waals surface area (Å²) in [5.41, 5.74) is 5.62. The Morgan fingerprint density at radius 1 is 1.29 bits per heavy atom. The number of rotatable bonds is 6. The fraction of sp³-hybridized carbons (Fsp3) is 0.929. The molecule has 0 saturated heterocycles. The second kappa shape index (κ2) is 7.70. The van der Waals surface area contributed by atoms with Crippen LogP contribution in [0, 0.1) is 11.8 Å². The minimum absolute atomic E-state index is 0.197. The van der Waals surface area contributed by atoms with E-state index in [9.17, 15) is 4.79 Å². The molecule has 0 radical (unpaired) electrons. The molecule has 0 aromatic carbocycles. The summed E-state index contributed by atoms with van der Waals surface area (Å²) in [4.78, 5) is 11.8. The van der Waals surface area contributed by atoms with Crippen molar-refractivity contribution >= 4 is 5.91 Å². The van der Waals surface area contributed by atoms with Crippen LogP contribution >= 0.6 is 0 Å². The molecular weight excluding hydrogens is 212 g/mol. The van der Waals surface area contributed by atoms with Crippen LogP contribution in [0.4, 0.5) is 0 Å². The maximum atomic E-state index is 11.8. The molecule has 0 heterocycles. The van der Waals surface area contributed by atoms with Gasteiger partial charge in [-0.2, -0.15) is 0 Å². The molecule has 3 heteroatoms. The van der Waals surface area contributed by atoms with Crippen molar-refractivity contribution < 1.29 is 4.79 Å². The van der Waals surface area contributed by atoms with Crippen LogP contribution in [-0.2, 0) is 4.79 Å². The Morgan fingerprint density at radius 3 is 2.41 bits per heavy atom. The monoisotopic (exact) mass is 240 g/mol. The summed E-state index contributed by atoms with van der Waals surface area (Å²) in [5.74, 6) is 1.43. The summed E-state index contributed by atoms with van der Waals surface area (Å²) in [6.07, 6.45) is 7.73. The fourth-order valence-electron chi connectivity index (χ4n) is 2.66. The lowest BCUT2D eigenvalue weighted by molar-refractivity contribution is -0.123. The van der Waals surface area contributed by atoms with E-state index in [1.807, 2.05) is 0 Å². The van der Waals surface area contributed by atoms with Crippen molar-refractivity contribution in [2.24, 2.45) is 17.6 Å². The highest BCUT2D eigenvalue weighted by atomic mass is 16.1. The zero-order valence-electron chi connectivity index (χ0n) is 11.4. The van der Waals surface area contributed by atoms with Crippen molar-refractivity contribution in [1.29, 1.82) is 0 Å². The highest BCUT2D eigenvalue weighted by Gasteiger charge is 2.21. The smallest absolute Gasteiger partial charge is 0.220 e. The molecule has 1 fully saturated rings. The van der Waals surface area contributed by atoms with Crippen LogP contribution in [0.25, 0.3) is 0 Å². The molecule has 0 aliphatic heterocycles. The van der Waals surface area contributed by atoms with E-state index in [0.717, 1.165) is 25.2 Å². The van der Waals surface area contributed by atoms with Gasteiger partial charge in [0, 0.05) is 12.5 Å². The van der Waals surface area contributed by atoms with Crippen molar-refractivity contribution in [3.8, 4) is 0 Å². The Kier molecular flexibility index (Phi) is 6.56. The lowest BCUT2D eigenvalue weighted by atomic mass is 9.84. The molecule has 1 rings (SSSR count). The Morgan fingerprint density at radius 2 is 1.94 bits per heavy atom. The molecule has 3 N–H and O–H groups in total. The average Bonchev–Trinajstić information content (AvgIpc) is 2.37. The van der Waals surface area contributed by atoms with Crippen LogP contribution in [0.3, 0.4) is 0 Å². The summed E-state index contributed by atoms with van der Waals surface area (Å²) in [5, 5.41) is 3.17. The molecule has 1 aliphatic rings. The Bertz CT molecular complexity index is 218. The molecule has 100 valence electrons. The topological polar surface area (TPSA) is 55.1 Å². The second-order valence-electron chi connectivity index (χ2n) is 5.41. The van der Waals surface area contributed by atoms with Crippen LogP contribution in [0.2, 0.25) is 0 Å². The summed E-state index contributed by atoms with van der Waals surface area (Å²) in [6.45, 7) is 4.97. The highest BCUT2D eigenvalue weighted by molar-refractivity contribution is 5.76. The van der Waals surface area contributed by atoms with E-state index in [2.05, 4.69) is 19.2 Å². The lowest BCUT2D eigenvalue weighted by Crippen LogP contribution is -2.38. The molecule has 1 amide bonds. The van der Waals surface area contributed by atoms with Crippen LogP contribution in [0.15, 0.2) is 0 Å². The summed E-state index contributed by atoms with van der Waals surface area (Å²) in [7, 11) is 0. The molecule has 1 atom stereocenters. The van der Waals surface area contributed by atoms with Crippen LogP contribution < -0.4 is 11.1 Å². The lowest BCUT2D eigenvalue weighted by Gasteiger charge is -2.28. The minimum atomic E-state index is 0.197. The number of carbonyl (C=O) groups is 1. The van der Waals surface area contributed by atoms with Gasteiger partial charge in [0.15, 0.2) is 0 Å². The van der Waals surface area contributed by atoms with Crippen molar-refractivity contribution in [3.63, 3.8) is 0 Å². The van der Waals surface area contributed by atoms with Gasteiger partial charge >= 0.3 is 0 Å². The third kappa shape index (κ3) is 5.07. The Balaban J connectivity index is 2.23. The number of nitrogens with one attached hydrogen (secondary N) is 1. The molecule has 1 unspecified atom stereocenters. The molecule has 1 aliphatic carbocycles. The van der Waals surface area contributed by atoms with Gasteiger partial charge in [-0.15, -0.1) is 0 Å². The quantitative estimate of drug-likeness (QED) is 0.749. The van der Waals surface area contributed by atoms with E-state index in [1.165, 1.54) is 19.3 Å². The zero-order chi connectivity index (χ0) is 12.7. The summed E-state index contributed by atoms with van der Waals surface area (Å²) >= 11 is 0. The SMILES string of the molecule is CCC1CCC(NC(=O)CC(CC)CN)CC1. The van der Waals surface area contributed by atoms with Gasteiger partial charge in [0.2, 0.25) is 5.91 Å². The van der Waals surface area contributed by atoms with Gasteiger partial charge in [-0.3, -0.25) is 4.79 Å². The molecule has 3 nitrogen and oxygen atoms in total. The van der Waals surface area contributed by atoms with Gasteiger partial charge in [-0.05, 0) is 44.1 Å². The second-order valence-corrected chi connectivity index (χ2v) is 5.41. The van der Waals surface area contributed by atoms with Crippen molar-refractivity contribution in [2.75, 3.05) is 6.54 Å².